The lowest BCUT2D eigenvalue weighted by atomic mass is 10.1. The van der Waals surface area contributed by atoms with Gasteiger partial charge in [0, 0.05) is 17.3 Å². The molecule has 0 fully saturated rings. The van der Waals surface area contributed by atoms with Crippen LogP contribution in [0, 0.1) is 0 Å². The number of benzene rings is 1. The summed E-state index contributed by atoms with van der Waals surface area (Å²) in [7, 11) is 0. The van der Waals surface area contributed by atoms with Crippen molar-refractivity contribution in [2.24, 2.45) is 5.84 Å². The van der Waals surface area contributed by atoms with E-state index in [0.717, 1.165) is 28.6 Å². The average Bonchev–Trinajstić information content (AvgIpc) is 2.96. The van der Waals surface area contributed by atoms with Crippen LogP contribution in [0.25, 0.3) is 11.4 Å². The molecule has 0 aliphatic carbocycles. The van der Waals surface area contributed by atoms with Gasteiger partial charge in [0.1, 0.15) is 5.82 Å². The zero-order valence-corrected chi connectivity index (χ0v) is 13.1. The van der Waals surface area contributed by atoms with Gasteiger partial charge in [-0.2, -0.15) is 0 Å². The Hall–Kier alpha value is -1.86. The molecule has 0 saturated carbocycles. The van der Waals surface area contributed by atoms with Crippen LogP contribution in [0.15, 0.2) is 22.7 Å². The maximum absolute atomic E-state index is 5.49. The topological polar surface area (TPSA) is 82.3 Å². The van der Waals surface area contributed by atoms with Crippen molar-refractivity contribution in [3.8, 4) is 22.9 Å². The van der Waals surface area contributed by atoms with Gasteiger partial charge in [-0.15, -0.1) is 0 Å². The molecule has 0 spiro atoms. The number of hydrogen-bond donors (Lipinski definition) is 2. The van der Waals surface area contributed by atoms with E-state index >= 15 is 0 Å². The highest BCUT2D eigenvalue weighted by Gasteiger charge is 2.19. The molecule has 110 valence electrons. The number of nitrogen functional groups attached to an aromatic ring is 1. The lowest BCUT2D eigenvalue weighted by Gasteiger charge is -2.08. The number of hydrazine groups is 1. The minimum atomic E-state index is 0.226. The molecule has 7 heteroatoms. The standard InChI is InChI=1S/C14H15BrN4O2/c1-2-3-9-6-12(19-16)18-14(17-9)8-4-10(15)13-11(5-8)20-7-21-13/h4-6H,2-3,7,16H2,1H3,(H,17,18,19). The maximum atomic E-state index is 5.49. The van der Waals surface area contributed by atoms with E-state index in [2.05, 4.69) is 38.2 Å². The fourth-order valence-corrected chi connectivity index (χ4v) is 2.74. The molecule has 21 heavy (non-hydrogen) atoms. The van der Waals surface area contributed by atoms with Gasteiger partial charge in [0.15, 0.2) is 17.3 Å². The van der Waals surface area contributed by atoms with E-state index in [1.54, 1.807) is 0 Å². The highest BCUT2D eigenvalue weighted by Crippen LogP contribution is 2.42. The summed E-state index contributed by atoms with van der Waals surface area (Å²) in [5.74, 6) is 8.08. The number of nitrogens with two attached hydrogens (primary N) is 1. The second-order valence-corrected chi connectivity index (χ2v) is 5.51. The summed E-state index contributed by atoms with van der Waals surface area (Å²) < 4.78 is 11.6. The van der Waals surface area contributed by atoms with Crippen LogP contribution in [0.2, 0.25) is 0 Å². The van der Waals surface area contributed by atoms with Gasteiger partial charge in [-0.05, 0) is 34.5 Å². The van der Waals surface area contributed by atoms with Crippen molar-refractivity contribution in [2.75, 3.05) is 12.2 Å². The highest BCUT2D eigenvalue weighted by molar-refractivity contribution is 9.10. The van der Waals surface area contributed by atoms with Gasteiger partial charge in [-0.25, -0.2) is 15.8 Å². The molecule has 0 saturated heterocycles. The SMILES string of the molecule is CCCc1cc(NN)nc(-c2cc(Br)c3c(c2)OCO3)n1. The molecule has 1 aliphatic rings. The molecule has 1 aromatic carbocycles. The van der Waals surface area contributed by atoms with Gasteiger partial charge in [-0.1, -0.05) is 13.3 Å². The van der Waals surface area contributed by atoms with E-state index in [1.165, 1.54) is 0 Å². The third-order valence-electron chi connectivity index (χ3n) is 3.12. The maximum Gasteiger partial charge on any atom is 0.231 e. The summed E-state index contributed by atoms with van der Waals surface area (Å²) in [6.07, 6.45) is 1.88. The number of halogens is 1. The van der Waals surface area contributed by atoms with E-state index < -0.39 is 0 Å². The Labute approximate surface area is 130 Å². The number of aromatic nitrogens is 2. The fourth-order valence-electron chi connectivity index (χ4n) is 2.18. The van der Waals surface area contributed by atoms with Gasteiger partial charge in [0.25, 0.3) is 0 Å². The molecule has 0 unspecified atom stereocenters. The van der Waals surface area contributed by atoms with E-state index in [0.29, 0.717) is 23.1 Å². The predicted octanol–water partition coefficient (Wildman–Crippen LogP) is 2.87. The van der Waals surface area contributed by atoms with Crippen LogP contribution in [-0.4, -0.2) is 16.8 Å². The molecule has 3 rings (SSSR count). The first-order valence-electron chi connectivity index (χ1n) is 6.65. The van der Waals surface area contributed by atoms with Crippen LogP contribution >= 0.6 is 15.9 Å². The van der Waals surface area contributed by atoms with Gasteiger partial charge in [0.2, 0.25) is 6.79 Å². The summed E-state index contributed by atoms with van der Waals surface area (Å²) in [4.78, 5) is 8.99. The first-order chi connectivity index (χ1) is 10.2. The average molecular weight is 351 g/mol. The number of aryl methyl sites for hydroxylation is 1. The molecule has 0 bridgehead atoms. The minimum Gasteiger partial charge on any atom is -0.454 e. The minimum absolute atomic E-state index is 0.226. The number of ether oxygens (including phenoxy) is 2. The Balaban J connectivity index is 2.07. The number of hydrogen-bond acceptors (Lipinski definition) is 6. The van der Waals surface area contributed by atoms with Gasteiger partial charge in [0.05, 0.1) is 4.47 Å². The third kappa shape index (κ3) is 2.79. The zero-order chi connectivity index (χ0) is 14.8. The van der Waals surface area contributed by atoms with Gasteiger partial charge < -0.3 is 14.9 Å². The van der Waals surface area contributed by atoms with Crippen molar-refractivity contribution < 1.29 is 9.47 Å². The zero-order valence-electron chi connectivity index (χ0n) is 11.5. The highest BCUT2D eigenvalue weighted by atomic mass is 79.9. The largest absolute Gasteiger partial charge is 0.454 e. The molecule has 3 N–H and O–H groups in total. The normalized spacial score (nSPS) is 12.5. The van der Waals surface area contributed by atoms with Crippen molar-refractivity contribution >= 4 is 21.7 Å². The van der Waals surface area contributed by atoms with Crippen molar-refractivity contribution in [3.63, 3.8) is 0 Å². The summed E-state index contributed by atoms with van der Waals surface area (Å²) in [5, 5.41) is 0. The van der Waals surface area contributed by atoms with Crippen LogP contribution in [0.5, 0.6) is 11.5 Å². The first kappa shape index (κ1) is 14.1. The molecule has 6 nitrogen and oxygen atoms in total. The quantitative estimate of drug-likeness (QED) is 0.651. The molecular weight excluding hydrogens is 336 g/mol. The Morgan fingerprint density at radius 3 is 2.90 bits per heavy atom. The monoisotopic (exact) mass is 350 g/mol. The van der Waals surface area contributed by atoms with Crippen molar-refractivity contribution in [1.29, 1.82) is 0 Å². The molecule has 0 amide bonds. The molecule has 2 heterocycles. The lowest BCUT2D eigenvalue weighted by molar-refractivity contribution is 0.173. The van der Waals surface area contributed by atoms with Crippen molar-refractivity contribution in [3.05, 3.63) is 28.4 Å². The predicted molar refractivity (Wildman–Crippen MR) is 83.1 cm³/mol. The Bertz CT molecular complexity index is 678. The Morgan fingerprint density at radius 2 is 2.14 bits per heavy atom. The second-order valence-electron chi connectivity index (χ2n) is 4.65. The van der Waals surface area contributed by atoms with Crippen LogP contribution in [0.1, 0.15) is 19.0 Å². The van der Waals surface area contributed by atoms with Crippen LogP contribution in [0.4, 0.5) is 5.82 Å². The van der Waals surface area contributed by atoms with Crippen molar-refractivity contribution in [1.82, 2.24) is 9.97 Å². The second kappa shape index (κ2) is 5.87. The summed E-state index contributed by atoms with van der Waals surface area (Å²) in [6, 6.07) is 5.65. The fraction of sp³-hybridized carbons (Fsp3) is 0.286. The summed E-state index contributed by atoms with van der Waals surface area (Å²) in [6.45, 7) is 2.33. The smallest absolute Gasteiger partial charge is 0.231 e. The van der Waals surface area contributed by atoms with Crippen molar-refractivity contribution in [2.45, 2.75) is 19.8 Å². The molecular formula is C14H15BrN4O2. The molecule has 2 aromatic rings. The van der Waals surface area contributed by atoms with E-state index in [4.69, 9.17) is 15.3 Å². The number of fused-ring (bicyclic) bond motifs is 1. The lowest BCUT2D eigenvalue weighted by Crippen LogP contribution is -2.10. The molecule has 0 radical (unpaired) electrons. The van der Waals surface area contributed by atoms with E-state index in [9.17, 15) is 0 Å². The Morgan fingerprint density at radius 1 is 1.29 bits per heavy atom. The molecule has 1 aliphatic heterocycles. The third-order valence-corrected chi connectivity index (χ3v) is 3.71. The number of rotatable bonds is 4. The summed E-state index contributed by atoms with van der Waals surface area (Å²) >= 11 is 3.48. The first-order valence-corrected chi connectivity index (χ1v) is 7.44. The van der Waals surface area contributed by atoms with E-state index in [-0.39, 0.29) is 6.79 Å². The van der Waals surface area contributed by atoms with Crippen LogP contribution in [0.3, 0.4) is 0 Å². The van der Waals surface area contributed by atoms with E-state index in [1.807, 2.05) is 18.2 Å². The van der Waals surface area contributed by atoms with Crippen LogP contribution < -0.4 is 20.7 Å². The van der Waals surface area contributed by atoms with Gasteiger partial charge >= 0.3 is 0 Å². The molecule has 0 atom stereocenters. The number of nitrogens with one attached hydrogen (secondary N) is 1. The molecule has 1 aromatic heterocycles. The van der Waals surface area contributed by atoms with Gasteiger partial charge in [-0.3, -0.25) is 0 Å². The summed E-state index contributed by atoms with van der Waals surface area (Å²) in [5.41, 5.74) is 4.38. The number of nitrogens with zero attached hydrogens (tertiary/aromatic N) is 2. The van der Waals surface area contributed by atoms with Crippen LogP contribution in [-0.2, 0) is 6.42 Å². The number of anilines is 1. The Kier molecular flexibility index (Phi) is 3.94.